The van der Waals surface area contributed by atoms with Crippen LogP contribution in [0.15, 0.2) is 30.5 Å². The maximum absolute atomic E-state index is 9.54. The lowest BCUT2D eigenvalue weighted by Gasteiger charge is -2.36. The van der Waals surface area contributed by atoms with Gasteiger partial charge in [0.2, 0.25) is 0 Å². The molecular weight excluding hydrogens is 314 g/mol. The molecule has 1 aromatic heterocycles. The monoisotopic (exact) mass is 341 g/mol. The summed E-state index contributed by atoms with van der Waals surface area (Å²) in [6, 6.07) is 7.58. The summed E-state index contributed by atoms with van der Waals surface area (Å²) in [6.07, 6.45) is 4.51. The highest BCUT2D eigenvalue weighted by molar-refractivity contribution is 5.80. The smallest absolute Gasteiger partial charge is 0.117 e. The molecule has 134 valence electrons. The summed E-state index contributed by atoms with van der Waals surface area (Å²) >= 11 is 0. The Bertz CT molecular complexity index is 707. The van der Waals surface area contributed by atoms with Gasteiger partial charge in [0.15, 0.2) is 0 Å². The Morgan fingerprint density at radius 3 is 2.64 bits per heavy atom. The quantitative estimate of drug-likeness (QED) is 0.926. The van der Waals surface area contributed by atoms with E-state index in [1.165, 1.54) is 38.0 Å². The van der Waals surface area contributed by atoms with E-state index in [0.717, 1.165) is 49.7 Å². The number of benzene rings is 1. The molecule has 4 rings (SSSR count). The van der Waals surface area contributed by atoms with E-state index in [0.29, 0.717) is 0 Å². The molecule has 1 aromatic carbocycles. The van der Waals surface area contributed by atoms with Gasteiger partial charge in [-0.2, -0.15) is 0 Å². The average molecular weight is 341 g/mol. The van der Waals surface area contributed by atoms with Crippen LogP contribution in [0.3, 0.4) is 0 Å². The maximum Gasteiger partial charge on any atom is 0.117 e. The van der Waals surface area contributed by atoms with Gasteiger partial charge < -0.3 is 9.84 Å². The van der Waals surface area contributed by atoms with Crippen LogP contribution in [0.25, 0.3) is 10.9 Å². The third kappa shape index (κ3) is 4.29. The van der Waals surface area contributed by atoms with Gasteiger partial charge in [-0.15, -0.1) is 0 Å². The van der Waals surface area contributed by atoms with E-state index < -0.39 is 0 Å². The molecule has 0 spiro atoms. The number of pyridine rings is 1. The molecule has 2 saturated heterocycles. The molecule has 2 aliphatic heterocycles. The third-order valence-corrected chi connectivity index (χ3v) is 5.46. The van der Waals surface area contributed by atoms with Gasteiger partial charge in [0, 0.05) is 43.8 Å². The number of aromatic nitrogens is 1. The Hall–Kier alpha value is -1.69. The fraction of sp³-hybridized carbons (Fsp3) is 0.550. The van der Waals surface area contributed by atoms with Crippen molar-refractivity contribution in [1.29, 1.82) is 0 Å². The van der Waals surface area contributed by atoms with Crippen molar-refractivity contribution in [2.24, 2.45) is 5.92 Å². The first-order valence-electron chi connectivity index (χ1n) is 9.36. The van der Waals surface area contributed by atoms with Gasteiger partial charge in [-0.3, -0.25) is 14.8 Å². The van der Waals surface area contributed by atoms with Gasteiger partial charge in [0.05, 0.1) is 18.7 Å². The molecular formula is C20H27N3O2. The molecule has 0 saturated carbocycles. The first-order valence-corrected chi connectivity index (χ1v) is 9.36. The molecule has 1 N–H and O–H groups in total. The predicted octanol–water partition coefficient (Wildman–Crippen LogP) is 2.48. The van der Waals surface area contributed by atoms with Crippen molar-refractivity contribution < 1.29 is 9.84 Å². The number of rotatable bonds is 4. The second kappa shape index (κ2) is 7.68. The summed E-state index contributed by atoms with van der Waals surface area (Å²) < 4.78 is 5.44. The third-order valence-electron chi connectivity index (χ3n) is 5.46. The van der Waals surface area contributed by atoms with E-state index in [1.54, 1.807) is 12.1 Å². The van der Waals surface area contributed by atoms with Crippen LogP contribution in [-0.2, 0) is 11.3 Å². The molecule has 2 fully saturated rings. The topological polar surface area (TPSA) is 48.8 Å². The van der Waals surface area contributed by atoms with Crippen molar-refractivity contribution in [2.45, 2.75) is 19.4 Å². The summed E-state index contributed by atoms with van der Waals surface area (Å²) in [5.41, 5.74) is 2.11. The summed E-state index contributed by atoms with van der Waals surface area (Å²) in [7, 11) is 0. The highest BCUT2D eigenvalue weighted by Gasteiger charge is 2.22. The van der Waals surface area contributed by atoms with E-state index in [-0.39, 0.29) is 5.75 Å². The van der Waals surface area contributed by atoms with Crippen LogP contribution >= 0.6 is 0 Å². The van der Waals surface area contributed by atoms with E-state index in [2.05, 4.69) is 20.9 Å². The van der Waals surface area contributed by atoms with Crippen LogP contribution in [0.2, 0.25) is 0 Å². The molecule has 0 aliphatic carbocycles. The number of hydrogen-bond acceptors (Lipinski definition) is 5. The largest absolute Gasteiger partial charge is 0.508 e. The summed E-state index contributed by atoms with van der Waals surface area (Å²) in [5, 5.41) is 10.6. The van der Waals surface area contributed by atoms with Crippen molar-refractivity contribution in [1.82, 2.24) is 14.8 Å². The van der Waals surface area contributed by atoms with Gasteiger partial charge in [0.25, 0.3) is 0 Å². The molecule has 5 heteroatoms. The fourth-order valence-electron chi connectivity index (χ4n) is 3.98. The van der Waals surface area contributed by atoms with Crippen molar-refractivity contribution in [3.63, 3.8) is 0 Å². The first kappa shape index (κ1) is 16.8. The zero-order valence-corrected chi connectivity index (χ0v) is 14.7. The molecule has 0 atom stereocenters. The predicted molar refractivity (Wildman–Crippen MR) is 98.7 cm³/mol. The minimum atomic E-state index is 0.273. The Morgan fingerprint density at radius 1 is 1.04 bits per heavy atom. The average Bonchev–Trinajstić information content (AvgIpc) is 2.64. The van der Waals surface area contributed by atoms with E-state index in [1.807, 2.05) is 12.3 Å². The Morgan fingerprint density at radius 2 is 1.84 bits per heavy atom. The lowest BCUT2D eigenvalue weighted by atomic mass is 9.95. The van der Waals surface area contributed by atoms with Crippen LogP contribution in [-0.4, -0.2) is 65.8 Å². The van der Waals surface area contributed by atoms with E-state index in [9.17, 15) is 5.11 Å². The molecule has 5 nitrogen and oxygen atoms in total. The lowest BCUT2D eigenvalue weighted by Crippen LogP contribution is -2.42. The van der Waals surface area contributed by atoms with Crippen LogP contribution in [0.1, 0.15) is 18.4 Å². The number of morpholine rings is 1. The number of fused-ring (bicyclic) bond motifs is 1. The molecule has 0 amide bonds. The van der Waals surface area contributed by atoms with Crippen molar-refractivity contribution >= 4 is 10.9 Å². The number of phenolic OH excluding ortho intramolecular Hbond substituents is 1. The number of nitrogens with zero attached hydrogens (tertiary/aromatic N) is 3. The SMILES string of the molecule is Oc1ccc2cc(CN3CCC(CN4CCOCC4)CC3)cnc2c1. The van der Waals surface area contributed by atoms with Gasteiger partial charge in [-0.25, -0.2) is 0 Å². The minimum absolute atomic E-state index is 0.273. The zero-order valence-electron chi connectivity index (χ0n) is 14.7. The number of phenols is 1. The first-order chi connectivity index (χ1) is 12.3. The van der Waals surface area contributed by atoms with E-state index >= 15 is 0 Å². The second-order valence-electron chi connectivity index (χ2n) is 7.35. The molecule has 0 unspecified atom stereocenters. The second-order valence-corrected chi connectivity index (χ2v) is 7.35. The van der Waals surface area contributed by atoms with Gasteiger partial charge in [-0.05, 0) is 55.6 Å². The summed E-state index contributed by atoms with van der Waals surface area (Å²) in [6.45, 7) is 8.52. The Balaban J connectivity index is 1.30. The van der Waals surface area contributed by atoms with Crippen molar-refractivity contribution in [3.8, 4) is 5.75 Å². The Kier molecular flexibility index (Phi) is 5.15. The normalized spacial score (nSPS) is 21.0. The molecule has 2 aliphatic rings. The van der Waals surface area contributed by atoms with Crippen LogP contribution in [0.5, 0.6) is 5.75 Å². The molecule has 0 bridgehead atoms. The number of aromatic hydroxyl groups is 1. The standard InChI is InChI=1S/C20H27N3O2/c24-19-2-1-18-11-17(13-21-20(18)12-19)15-22-5-3-16(4-6-22)14-23-7-9-25-10-8-23/h1-2,11-13,16,24H,3-10,14-15H2. The van der Waals surface area contributed by atoms with Gasteiger partial charge >= 0.3 is 0 Å². The van der Waals surface area contributed by atoms with E-state index in [4.69, 9.17) is 4.74 Å². The van der Waals surface area contributed by atoms with Crippen LogP contribution in [0, 0.1) is 5.92 Å². The fourth-order valence-corrected chi connectivity index (χ4v) is 3.98. The van der Waals surface area contributed by atoms with Crippen molar-refractivity contribution in [3.05, 3.63) is 36.0 Å². The summed E-state index contributed by atoms with van der Waals surface area (Å²) in [5.74, 6) is 1.10. The minimum Gasteiger partial charge on any atom is -0.508 e. The zero-order chi connectivity index (χ0) is 17.1. The van der Waals surface area contributed by atoms with Gasteiger partial charge in [-0.1, -0.05) is 0 Å². The van der Waals surface area contributed by atoms with Crippen molar-refractivity contribution in [2.75, 3.05) is 45.9 Å². The maximum atomic E-state index is 9.54. The Labute approximate surface area is 149 Å². The summed E-state index contributed by atoms with van der Waals surface area (Å²) in [4.78, 5) is 9.60. The van der Waals surface area contributed by atoms with Gasteiger partial charge in [0.1, 0.15) is 5.75 Å². The molecule has 3 heterocycles. The molecule has 2 aromatic rings. The molecule has 0 radical (unpaired) electrons. The molecule has 25 heavy (non-hydrogen) atoms. The highest BCUT2D eigenvalue weighted by atomic mass is 16.5. The highest BCUT2D eigenvalue weighted by Crippen LogP contribution is 2.23. The number of likely N-dealkylation sites (tertiary alicyclic amines) is 1. The number of piperidine rings is 1. The number of hydrogen-bond donors (Lipinski definition) is 1. The van der Waals surface area contributed by atoms with Crippen LogP contribution in [0.4, 0.5) is 0 Å². The number of ether oxygens (including phenoxy) is 1. The lowest BCUT2D eigenvalue weighted by molar-refractivity contribution is 0.0242. The van der Waals surface area contributed by atoms with Crippen LogP contribution < -0.4 is 0 Å².